The Labute approximate surface area is 207 Å². The van der Waals surface area contributed by atoms with Gasteiger partial charge in [0.15, 0.2) is 5.16 Å². The first-order chi connectivity index (χ1) is 15.8. The topological polar surface area (TPSA) is 88.9 Å². The number of aromatic nitrogens is 3. The lowest BCUT2D eigenvalue weighted by Gasteiger charge is -2.09. The summed E-state index contributed by atoms with van der Waals surface area (Å²) in [6.07, 6.45) is 0.503. The zero-order valence-corrected chi connectivity index (χ0v) is 20.9. The van der Waals surface area contributed by atoms with Crippen LogP contribution in [0.5, 0.6) is 0 Å². The lowest BCUT2D eigenvalue weighted by Crippen LogP contribution is -2.26. The van der Waals surface area contributed by atoms with Crippen LogP contribution in [0.25, 0.3) is 0 Å². The highest BCUT2D eigenvalue weighted by Crippen LogP contribution is 2.22. The summed E-state index contributed by atoms with van der Waals surface area (Å²) in [6.45, 7) is 7.07. The van der Waals surface area contributed by atoms with E-state index in [2.05, 4.69) is 20.8 Å². The van der Waals surface area contributed by atoms with Crippen molar-refractivity contribution < 1.29 is 9.59 Å². The number of amides is 2. The molecule has 174 valence electrons. The Morgan fingerprint density at radius 1 is 1.03 bits per heavy atom. The molecule has 0 aliphatic carbocycles. The maximum absolute atomic E-state index is 12.4. The highest BCUT2D eigenvalue weighted by molar-refractivity contribution is 7.99. The molecule has 2 N–H and O–H groups in total. The average molecular weight is 506 g/mol. The molecule has 3 aromatic rings. The Bertz CT molecular complexity index is 1170. The Kier molecular flexibility index (Phi) is 8.77. The van der Waals surface area contributed by atoms with Gasteiger partial charge in [-0.3, -0.25) is 9.59 Å². The molecule has 0 atom stereocenters. The molecule has 3 rings (SSSR count). The van der Waals surface area contributed by atoms with Gasteiger partial charge >= 0.3 is 0 Å². The van der Waals surface area contributed by atoms with Gasteiger partial charge in [0.05, 0.1) is 15.8 Å². The lowest BCUT2D eigenvalue weighted by molar-refractivity contribution is -0.113. The zero-order chi connectivity index (χ0) is 24.0. The van der Waals surface area contributed by atoms with Crippen molar-refractivity contribution in [3.8, 4) is 0 Å². The predicted octanol–water partition coefficient (Wildman–Crippen LogP) is 4.92. The molecule has 2 aromatic carbocycles. The van der Waals surface area contributed by atoms with Crippen molar-refractivity contribution >= 4 is 52.5 Å². The van der Waals surface area contributed by atoms with Crippen LogP contribution in [0, 0.1) is 13.8 Å². The van der Waals surface area contributed by atoms with Crippen LogP contribution < -0.4 is 10.6 Å². The third-order valence-corrected chi connectivity index (χ3v) is 6.75. The Balaban J connectivity index is 1.52. The van der Waals surface area contributed by atoms with Crippen LogP contribution in [-0.2, 0) is 17.8 Å². The molecule has 0 aliphatic rings. The molecule has 0 aliphatic heterocycles. The van der Waals surface area contributed by atoms with Crippen molar-refractivity contribution in [3.05, 3.63) is 69.0 Å². The normalized spacial score (nSPS) is 10.8. The number of rotatable bonds is 9. The third kappa shape index (κ3) is 6.72. The molecule has 10 heteroatoms. The van der Waals surface area contributed by atoms with Crippen LogP contribution >= 0.6 is 35.0 Å². The van der Waals surface area contributed by atoms with Gasteiger partial charge in [-0.05, 0) is 62.2 Å². The first-order valence-electron chi connectivity index (χ1n) is 10.4. The van der Waals surface area contributed by atoms with Gasteiger partial charge in [0.25, 0.3) is 5.91 Å². The average Bonchev–Trinajstić information content (AvgIpc) is 3.18. The Hall–Kier alpha value is -2.55. The summed E-state index contributed by atoms with van der Waals surface area (Å²) in [7, 11) is 0. The number of carbonyl (C=O) groups is 2. The number of benzene rings is 2. The number of hydrogen-bond donors (Lipinski definition) is 2. The van der Waals surface area contributed by atoms with Gasteiger partial charge in [-0.1, -0.05) is 41.0 Å². The highest BCUT2D eigenvalue weighted by atomic mass is 35.5. The van der Waals surface area contributed by atoms with Gasteiger partial charge in [-0.25, -0.2) is 0 Å². The smallest absolute Gasteiger partial charge is 0.251 e. The van der Waals surface area contributed by atoms with Gasteiger partial charge in [-0.2, -0.15) is 0 Å². The van der Waals surface area contributed by atoms with E-state index in [1.54, 1.807) is 12.1 Å². The standard InChI is InChI=1S/C23H25Cl2N5O2S/c1-4-30-20(9-10-26-22(32)16-6-8-18(24)19(25)12-16)28-29-23(30)33-13-21(31)27-17-7-5-14(2)15(3)11-17/h5-8,11-12H,4,9-10,13H2,1-3H3,(H,26,32)(H,27,31). The van der Waals surface area contributed by atoms with Crippen LogP contribution in [0.3, 0.4) is 0 Å². The van der Waals surface area contributed by atoms with E-state index >= 15 is 0 Å². The summed E-state index contributed by atoms with van der Waals surface area (Å²) in [5.74, 6) is 0.612. The highest BCUT2D eigenvalue weighted by Gasteiger charge is 2.14. The number of hydrogen-bond acceptors (Lipinski definition) is 5. The number of anilines is 1. The maximum atomic E-state index is 12.4. The van der Waals surface area contributed by atoms with E-state index in [9.17, 15) is 9.59 Å². The molecule has 0 fully saturated rings. The van der Waals surface area contributed by atoms with Crippen LogP contribution in [0.15, 0.2) is 41.6 Å². The minimum atomic E-state index is -0.242. The summed E-state index contributed by atoms with van der Waals surface area (Å²) in [6, 6.07) is 10.6. The SMILES string of the molecule is CCn1c(CCNC(=O)c2ccc(Cl)c(Cl)c2)nnc1SCC(=O)Nc1ccc(C)c(C)c1. The molecule has 1 aromatic heterocycles. The molecule has 0 spiro atoms. The number of nitrogens with one attached hydrogen (secondary N) is 2. The number of halogens is 2. The molecule has 0 bridgehead atoms. The van der Waals surface area contributed by atoms with Crippen LogP contribution in [0.4, 0.5) is 5.69 Å². The van der Waals surface area contributed by atoms with Gasteiger partial charge in [0.2, 0.25) is 5.91 Å². The number of carbonyl (C=O) groups excluding carboxylic acids is 2. The van der Waals surface area contributed by atoms with Crippen molar-refractivity contribution in [2.75, 3.05) is 17.6 Å². The second-order valence-electron chi connectivity index (χ2n) is 7.41. The van der Waals surface area contributed by atoms with Crippen LogP contribution in [0.2, 0.25) is 10.0 Å². The second-order valence-corrected chi connectivity index (χ2v) is 9.17. The zero-order valence-electron chi connectivity index (χ0n) is 18.6. The molecule has 0 saturated carbocycles. The molecule has 7 nitrogen and oxygen atoms in total. The van der Waals surface area contributed by atoms with Gasteiger partial charge in [-0.15, -0.1) is 10.2 Å². The Morgan fingerprint density at radius 2 is 1.82 bits per heavy atom. The van der Waals surface area contributed by atoms with E-state index < -0.39 is 0 Å². The quantitative estimate of drug-likeness (QED) is 0.402. The second kappa shape index (κ2) is 11.5. The number of thioether (sulfide) groups is 1. The summed E-state index contributed by atoms with van der Waals surface area (Å²) in [5, 5.41) is 15.6. The van der Waals surface area contributed by atoms with E-state index in [4.69, 9.17) is 23.2 Å². The molecular weight excluding hydrogens is 481 g/mol. The third-order valence-electron chi connectivity index (χ3n) is 5.05. The molecule has 33 heavy (non-hydrogen) atoms. The molecule has 1 heterocycles. The first-order valence-corrected chi connectivity index (χ1v) is 12.2. The predicted molar refractivity (Wildman–Crippen MR) is 133 cm³/mol. The molecule has 0 radical (unpaired) electrons. The molecular formula is C23H25Cl2N5O2S. The fourth-order valence-electron chi connectivity index (χ4n) is 3.10. The minimum Gasteiger partial charge on any atom is -0.352 e. The lowest BCUT2D eigenvalue weighted by atomic mass is 10.1. The van der Waals surface area contributed by atoms with Crippen LogP contribution in [-0.4, -0.2) is 38.9 Å². The van der Waals surface area contributed by atoms with E-state index in [1.807, 2.05) is 43.5 Å². The van der Waals surface area contributed by atoms with E-state index in [1.165, 1.54) is 23.4 Å². The van der Waals surface area contributed by atoms with Crippen LogP contribution in [0.1, 0.15) is 34.2 Å². The number of nitrogens with zero attached hydrogens (tertiary/aromatic N) is 3. The van der Waals surface area contributed by atoms with Gasteiger partial charge < -0.3 is 15.2 Å². The number of aryl methyl sites for hydroxylation is 2. The van der Waals surface area contributed by atoms with Crippen molar-refractivity contribution in [1.29, 1.82) is 0 Å². The van der Waals surface area contributed by atoms with E-state index in [-0.39, 0.29) is 17.6 Å². The minimum absolute atomic E-state index is 0.107. The van der Waals surface area contributed by atoms with Crippen molar-refractivity contribution in [2.45, 2.75) is 38.9 Å². The van der Waals surface area contributed by atoms with E-state index in [0.717, 1.165) is 17.1 Å². The molecule has 0 saturated heterocycles. The van der Waals surface area contributed by atoms with E-state index in [0.29, 0.717) is 40.3 Å². The summed E-state index contributed by atoms with van der Waals surface area (Å²) < 4.78 is 1.94. The molecule has 2 amide bonds. The largest absolute Gasteiger partial charge is 0.352 e. The fourth-order valence-corrected chi connectivity index (χ4v) is 4.22. The monoisotopic (exact) mass is 505 g/mol. The first kappa shape index (κ1) is 25.1. The summed E-state index contributed by atoms with van der Waals surface area (Å²) in [5.41, 5.74) is 3.52. The fraction of sp³-hybridized carbons (Fsp3) is 0.304. The summed E-state index contributed by atoms with van der Waals surface area (Å²) in [4.78, 5) is 24.7. The van der Waals surface area contributed by atoms with Crippen molar-refractivity contribution in [1.82, 2.24) is 20.1 Å². The van der Waals surface area contributed by atoms with Crippen molar-refractivity contribution in [2.24, 2.45) is 0 Å². The van der Waals surface area contributed by atoms with Crippen molar-refractivity contribution in [3.63, 3.8) is 0 Å². The summed E-state index contributed by atoms with van der Waals surface area (Å²) >= 11 is 13.2. The van der Waals surface area contributed by atoms with Gasteiger partial charge in [0.1, 0.15) is 5.82 Å². The Morgan fingerprint density at radius 3 is 2.52 bits per heavy atom. The van der Waals surface area contributed by atoms with Gasteiger partial charge in [0, 0.05) is 30.8 Å². The maximum Gasteiger partial charge on any atom is 0.251 e. The molecule has 0 unspecified atom stereocenters.